The molecule has 1 aromatic heterocycles. The predicted octanol–water partition coefficient (Wildman–Crippen LogP) is 2.70. The Labute approximate surface area is 137 Å². The molecular weight excluding hydrogens is 323 g/mol. The molecule has 0 saturated heterocycles. The Morgan fingerprint density at radius 2 is 2.12 bits per heavy atom. The minimum absolute atomic E-state index is 0.0517. The van der Waals surface area contributed by atoms with E-state index in [0.29, 0.717) is 12.1 Å². The molecule has 0 spiro atoms. The average Bonchev–Trinajstić information content (AvgIpc) is 2.88. The number of halogens is 3. The summed E-state index contributed by atoms with van der Waals surface area (Å²) >= 11 is 0. The van der Waals surface area contributed by atoms with Crippen LogP contribution in [0.3, 0.4) is 0 Å². The molecule has 2 aromatic rings. The van der Waals surface area contributed by atoms with E-state index < -0.39 is 11.7 Å². The molecule has 1 amide bonds. The van der Waals surface area contributed by atoms with Gasteiger partial charge in [-0.1, -0.05) is 6.07 Å². The number of hydrogen-bond acceptors (Lipinski definition) is 3. The van der Waals surface area contributed by atoms with Crippen LogP contribution in [0, 0.1) is 6.92 Å². The van der Waals surface area contributed by atoms with Gasteiger partial charge in [0.15, 0.2) is 0 Å². The van der Waals surface area contributed by atoms with Gasteiger partial charge < -0.3 is 10.4 Å². The number of aromatic nitrogens is 2. The summed E-state index contributed by atoms with van der Waals surface area (Å²) in [6, 6.07) is 4.52. The van der Waals surface area contributed by atoms with Crippen molar-refractivity contribution < 1.29 is 23.1 Å². The molecule has 0 bridgehead atoms. The van der Waals surface area contributed by atoms with Gasteiger partial charge in [-0.25, -0.2) is 4.68 Å². The summed E-state index contributed by atoms with van der Waals surface area (Å²) < 4.78 is 39.8. The largest absolute Gasteiger partial charge is 0.416 e. The van der Waals surface area contributed by atoms with Gasteiger partial charge in [0, 0.05) is 12.6 Å². The fraction of sp³-hybridized carbons (Fsp3) is 0.375. The molecule has 8 heteroatoms. The van der Waals surface area contributed by atoms with E-state index in [1.165, 1.54) is 23.0 Å². The summed E-state index contributed by atoms with van der Waals surface area (Å²) in [5.74, 6) is -0.383. The summed E-state index contributed by atoms with van der Waals surface area (Å²) in [5, 5.41) is 15.6. The first-order valence-corrected chi connectivity index (χ1v) is 7.38. The van der Waals surface area contributed by atoms with Gasteiger partial charge in [-0.3, -0.25) is 4.79 Å². The number of aliphatic hydroxyl groups excluding tert-OH is 1. The molecule has 2 N–H and O–H groups in total. The van der Waals surface area contributed by atoms with Crippen LogP contribution in [0.2, 0.25) is 0 Å². The Morgan fingerprint density at radius 1 is 1.42 bits per heavy atom. The molecule has 24 heavy (non-hydrogen) atoms. The van der Waals surface area contributed by atoms with Crippen LogP contribution in [0.25, 0.3) is 5.69 Å². The van der Waals surface area contributed by atoms with Crippen molar-refractivity contribution in [3.63, 3.8) is 0 Å². The Balaban J connectivity index is 2.29. The molecule has 1 heterocycles. The van der Waals surface area contributed by atoms with Crippen LogP contribution < -0.4 is 5.32 Å². The van der Waals surface area contributed by atoms with Crippen molar-refractivity contribution in [3.8, 4) is 5.69 Å². The van der Waals surface area contributed by atoms with E-state index >= 15 is 0 Å². The molecule has 1 unspecified atom stereocenters. The highest BCUT2D eigenvalue weighted by molar-refractivity contribution is 5.95. The first kappa shape index (κ1) is 18.0. The minimum Gasteiger partial charge on any atom is -0.396 e. The van der Waals surface area contributed by atoms with Crippen LogP contribution in [0.5, 0.6) is 0 Å². The zero-order valence-corrected chi connectivity index (χ0v) is 13.3. The molecule has 1 aromatic carbocycles. The number of amides is 1. The minimum atomic E-state index is -4.45. The number of alkyl halides is 3. The van der Waals surface area contributed by atoms with E-state index in [2.05, 4.69) is 10.4 Å². The third kappa shape index (κ3) is 3.94. The van der Waals surface area contributed by atoms with Gasteiger partial charge >= 0.3 is 6.18 Å². The second kappa shape index (κ2) is 7.04. The molecule has 130 valence electrons. The Morgan fingerprint density at radius 3 is 2.75 bits per heavy atom. The molecule has 0 aliphatic carbocycles. The lowest BCUT2D eigenvalue weighted by Gasteiger charge is -2.12. The topological polar surface area (TPSA) is 67.2 Å². The second-order valence-electron chi connectivity index (χ2n) is 5.49. The number of hydrogen-bond donors (Lipinski definition) is 2. The highest BCUT2D eigenvalue weighted by Crippen LogP contribution is 2.30. The monoisotopic (exact) mass is 341 g/mol. The van der Waals surface area contributed by atoms with E-state index in [4.69, 9.17) is 5.11 Å². The Hall–Kier alpha value is -2.35. The lowest BCUT2D eigenvalue weighted by atomic mass is 10.1. The van der Waals surface area contributed by atoms with Crippen LogP contribution in [-0.2, 0) is 6.18 Å². The number of carbonyl (C=O) groups excluding carboxylic acids is 1. The predicted molar refractivity (Wildman–Crippen MR) is 81.9 cm³/mol. The Kier molecular flexibility index (Phi) is 5.28. The standard InChI is InChI=1S/C16H18F3N3O2/c1-10(6-7-23)21-15(24)14-9-20-22(11(14)2)13-5-3-4-12(8-13)16(17,18)19/h3-5,8-10,23H,6-7H2,1-2H3,(H,21,24). The van der Waals surface area contributed by atoms with Gasteiger partial charge in [0.2, 0.25) is 0 Å². The first-order chi connectivity index (χ1) is 11.2. The Bertz CT molecular complexity index is 726. The highest BCUT2D eigenvalue weighted by atomic mass is 19.4. The average molecular weight is 341 g/mol. The summed E-state index contributed by atoms with van der Waals surface area (Å²) in [4.78, 5) is 12.2. The SMILES string of the molecule is Cc1c(C(=O)NC(C)CCO)cnn1-c1cccc(C(F)(F)F)c1. The van der Waals surface area contributed by atoms with Crippen molar-refractivity contribution in [2.75, 3.05) is 6.61 Å². The van der Waals surface area contributed by atoms with Crippen LogP contribution >= 0.6 is 0 Å². The maximum absolute atomic E-state index is 12.8. The molecule has 0 aliphatic rings. The fourth-order valence-electron chi connectivity index (χ4n) is 2.27. The number of carbonyl (C=O) groups is 1. The molecule has 2 rings (SSSR count). The number of nitrogens with one attached hydrogen (secondary N) is 1. The van der Waals surface area contributed by atoms with Crippen molar-refractivity contribution in [2.45, 2.75) is 32.5 Å². The van der Waals surface area contributed by atoms with Crippen molar-refractivity contribution in [1.82, 2.24) is 15.1 Å². The van der Waals surface area contributed by atoms with E-state index in [-0.39, 0.29) is 29.8 Å². The van der Waals surface area contributed by atoms with Gasteiger partial charge in [-0.05, 0) is 38.5 Å². The molecule has 0 saturated carbocycles. The zero-order valence-electron chi connectivity index (χ0n) is 13.3. The first-order valence-electron chi connectivity index (χ1n) is 7.38. The number of nitrogens with zero attached hydrogens (tertiary/aromatic N) is 2. The third-order valence-electron chi connectivity index (χ3n) is 3.61. The van der Waals surface area contributed by atoms with Crippen LogP contribution in [0.15, 0.2) is 30.5 Å². The van der Waals surface area contributed by atoms with Gasteiger partial charge in [0.1, 0.15) is 0 Å². The van der Waals surface area contributed by atoms with Gasteiger partial charge in [0.25, 0.3) is 5.91 Å². The summed E-state index contributed by atoms with van der Waals surface area (Å²) in [5.41, 5.74) is 0.155. The summed E-state index contributed by atoms with van der Waals surface area (Å²) in [7, 11) is 0. The van der Waals surface area contributed by atoms with Crippen molar-refractivity contribution >= 4 is 5.91 Å². The normalized spacial score (nSPS) is 12.9. The lowest BCUT2D eigenvalue weighted by Crippen LogP contribution is -2.33. The lowest BCUT2D eigenvalue weighted by molar-refractivity contribution is -0.137. The van der Waals surface area contributed by atoms with Crippen molar-refractivity contribution in [3.05, 3.63) is 47.3 Å². The van der Waals surface area contributed by atoms with E-state index in [9.17, 15) is 18.0 Å². The highest BCUT2D eigenvalue weighted by Gasteiger charge is 2.30. The van der Waals surface area contributed by atoms with Crippen LogP contribution in [0.1, 0.15) is 35.0 Å². The second-order valence-corrected chi connectivity index (χ2v) is 5.49. The van der Waals surface area contributed by atoms with Gasteiger partial charge in [-0.2, -0.15) is 18.3 Å². The van der Waals surface area contributed by atoms with E-state index in [0.717, 1.165) is 12.1 Å². The number of benzene rings is 1. The molecule has 5 nitrogen and oxygen atoms in total. The van der Waals surface area contributed by atoms with Gasteiger partial charge in [0.05, 0.1) is 28.7 Å². The smallest absolute Gasteiger partial charge is 0.396 e. The van der Waals surface area contributed by atoms with Gasteiger partial charge in [-0.15, -0.1) is 0 Å². The molecule has 0 fully saturated rings. The molecule has 0 radical (unpaired) electrons. The summed E-state index contributed by atoms with van der Waals surface area (Å²) in [6.45, 7) is 3.31. The maximum atomic E-state index is 12.8. The van der Waals surface area contributed by atoms with Crippen molar-refractivity contribution in [2.24, 2.45) is 0 Å². The maximum Gasteiger partial charge on any atom is 0.416 e. The third-order valence-corrected chi connectivity index (χ3v) is 3.61. The summed E-state index contributed by atoms with van der Waals surface area (Å²) in [6.07, 6.45) is -2.72. The van der Waals surface area contributed by atoms with Crippen LogP contribution in [0.4, 0.5) is 13.2 Å². The zero-order chi connectivity index (χ0) is 17.9. The van der Waals surface area contributed by atoms with E-state index in [1.54, 1.807) is 13.8 Å². The number of rotatable bonds is 5. The van der Waals surface area contributed by atoms with Crippen LogP contribution in [-0.4, -0.2) is 33.4 Å². The number of aliphatic hydroxyl groups is 1. The van der Waals surface area contributed by atoms with Crippen molar-refractivity contribution in [1.29, 1.82) is 0 Å². The van der Waals surface area contributed by atoms with E-state index in [1.807, 2.05) is 0 Å². The molecular formula is C16H18F3N3O2. The molecule has 0 aliphatic heterocycles. The fourth-order valence-corrected chi connectivity index (χ4v) is 2.27. The molecule has 1 atom stereocenters. The quantitative estimate of drug-likeness (QED) is 0.879.